The van der Waals surface area contributed by atoms with Gasteiger partial charge < -0.3 is 10.0 Å². The van der Waals surface area contributed by atoms with Crippen LogP contribution < -0.4 is 10.2 Å². The van der Waals surface area contributed by atoms with Crippen LogP contribution in [0.3, 0.4) is 0 Å². The molecule has 43 heavy (non-hydrogen) atoms. The number of sulfonamides is 1. The second-order valence-corrected chi connectivity index (χ2v) is 13.3. The maximum Gasteiger partial charge on any atom is 0.255 e. The maximum absolute atomic E-state index is 14.2. The predicted molar refractivity (Wildman–Crippen MR) is 167 cm³/mol. The molecule has 11 heteroatoms. The Bertz CT molecular complexity index is 1510. The lowest BCUT2D eigenvalue weighted by atomic mass is 9.76. The molecular weight excluding hydrogens is 590 g/mol. The number of amides is 2. The number of fused-ring (bicyclic) bond motifs is 1. The first-order valence-electron chi connectivity index (χ1n) is 14.2. The van der Waals surface area contributed by atoms with E-state index in [0.29, 0.717) is 40.1 Å². The average Bonchev–Trinajstić information content (AvgIpc) is 2.97. The third-order valence-electron chi connectivity index (χ3n) is 7.71. The fourth-order valence-electron chi connectivity index (χ4n) is 5.80. The molecule has 0 bridgehead atoms. The molecule has 1 fully saturated rings. The molecule has 230 valence electrons. The number of carbonyl (C=O) groups is 2. The minimum Gasteiger partial charge on any atom is -0.392 e. The molecule has 1 aliphatic heterocycles. The van der Waals surface area contributed by atoms with Crippen LogP contribution in [0.2, 0.25) is 5.02 Å². The molecule has 2 aliphatic rings. The van der Waals surface area contributed by atoms with Crippen molar-refractivity contribution in [2.75, 3.05) is 19.5 Å². The van der Waals surface area contributed by atoms with Crippen LogP contribution in [0.25, 0.3) is 0 Å². The van der Waals surface area contributed by atoms with Gasteiger partial charge in [0.1, 0.15) is 0 Å². The highest BCUT2D eigenvalue weighted by Gasteiger charge is 2.49. The number of aliphatic hydroxyl groups is 1. The summed E-state index contributed by atoms with van der Waals surface area (Å²) in [5, 5.41) is 9.60. The molecule has 0 saturated heterocycles. The number of benzene rings is 2. The summed E-state index contributed by atoms with van der Waals surface area (Å²) in [6, 6.07) is 12.3. The Morgan fingerprint density at radius 1 is 1.16 bits per heavy atom. The average molecular weight is 628 g/mol. The molecule has 1 saturated carbocycles. The van der Waals surface area contributed by atoms with Crippen LogP contribution in [0.1, 0.15) is 66.1 Å². The van der Waals surface area contributed by atoms with Gasteiger partial charge in [0.15, 0.2) is 0 Å². The molecule has 4 rings (SSSR count). The first-order valence-corrected chi connectivity index (χ1v) is 16.5. The molecule has 9 nitrogen and oxygen atoms in total. The summed E-state index contributed by atoms with van der Waals surface area (Å²) in [7, 11) is -3.56. The second kappa shape index (κ2) is 14.5. The van der Waals surface area contributed by atoms with E-state index in [1.165, 1.54) is 0 Å². The minimum absolute atomic E-state index is 0.104. The lowest BCUT2D eigenvalue weighted by Gasteiger charge is -2.49. The summed E-state index contributed by atoms with van der Waals surface area (Å²) >= 11 is 6.22. The molecule has 0 spiro atoms. The summed E-state index contributed by atoms with van der Waals surface area (Å²) in [6.45, 7) is 5.51. The molecule has 2 aromatic carbocycles. The number of hydrogen-bond acceptors (Lipinski definition) is 6. The number of rotatable bonds is 11. The van der Waals surface area contributed by atoms with Gasteiger partial charge in [0.05, 0.1) is 31.4 Å². The van der Waals surface area contributed by atoms with Crippen molar-refractivity contribution in [3.05, 3.63) is 106 Å². The van der Waals surface area contributed by atoms with Gasteiger partial charge >= 0.3 is 0 Å². The Balaban J connectivity index is 1.72. The van der Waals surface area contributed by atoms with Gasteiger partial charge in [-0.2, -0.15) is 0 Å². The number of nitrogens with one attached hydrogen (secondary N) is 2. The topological polar surface area (TPSA) is 125 Å². The number of aliphatic hydroxyl groups excluding tert-OH is 1. The standard InChI is InChI=1S/C32H38ClN3O6S/c1-21(19-37)9-8-10-22(2)20-42-34-31(38)29-25-11-4-5-12-26(25)32(39)36(30(29)23-15-17-24(33)18-16-23)28-14-7-6-13-27(28)35-43(3,40)41/h4-5,8-12,15-18,27-30,35,37H,1,6-7,13-14,19-20H2,2-3H3,(H,34,38)/b9-8-,22-10+/t27-,28-,29+,30-/m0/s1. The van der Waals surface area contributed by atoms with Gasteiger partial charge in [-0.25, -0.2) is 18.6 Å². The number of allylic oxidation sites excluding steroid dienone is 2. The van der Waals surface area contributed by atoms with E-state index in [1.807, 2.05) is 6.92 Å². The molecule has 0 unspecified atom stereocenters. The zero-order valence-electron chi connectivity index (χ0n) is 24.3. The molecule has 2 amide bonds. The second-order valence-electron chi connectivity index (χ2n) is 11.1. The number of nitrogens with zero attached hydrogens (tertiary/aromatic N) is 1. The smallest absolute Gasteiger partial charge is 0.255 e. The van der Waals surface area contributed by atoms with Crippen molar-refractivity contribution in [3.63, 3.8) is 0 Å². The van der Waals surface area contributed by atoms with Crippen LogP contribution >= 0.6 is 11.6 Å². The minimum atomic E-state index is -3.56. The molecule has 0 aromatic heterocycles. The number of hydrogen-bond donors (Lipinski definition) is 3. The molecule has 2 aromatic rings. The van der Waals surface area contributed by atoms with Gasteiger partial charge in [0, 0.05) is 22.7 Å². The summed E-state index contributed by atoms with van der Waals surface area (Å²) in [6.07, 6.45) is 9.11. The third-order valence-corrected chi connectivity index (χ3v) is 8.69. The molecule has 1 heterocycles. The maximum atomic E-state index is 14.2. The van der Waals surface area contributed by atoms with Gasteiger partial charge in [-0.05, 0) is 60.2 Å². The lowest BCUT2D eigenvalue weighted by Crippen LogP contribution is -2.59. The molecule has 3 N–H and O–H groups in total. The van der Waals surface area contributed by atoms with Crippen LogP contribution in [0, 0.1) is 0 Å². The van der Waals surface area contributed by atoms with Crippen molar-refractivity contribution in [2.24, 2.45) is 0 Å². The Kier molecular flexibility index (Phi) is 11.0. The molecule has 0 radical (unpaired) electrons. The van der Waals surface area contributed by atoms with E-state index in [-0.39, 0.29) is 19.1 Å². The lowest BCUT2D eigenvalue weighted by molar-refractivity contribution is -0.136. The van der Waals surface area contributed by atoms with Gasteiger partial charge in [0.2, 0.25) is 10.0 Å². The Labute approximate surface area is 258 Å². The van der Waals surface area contributed by atoms with E-state index < -0.39 is 40.0 Å². The molecule has 1 aliphatic carbocycles. The summed E-state index contributed by atoms with van der Waals surface area (Å²) in [4.78, 5) is 35.6. The first kappa shape index (κ1) is 32.6. The van der Waals surface area contributed by atoms with Crippen LogP contribution in [0.5, 0.6) is 0 Å². The van der Waals surface area contributed by atoms with E-state index in [1.54, 1.807) is 71.7 Å². The third kappa shape index (κ3) is 8.21. The number of hydroxylamine groups is 1. The van der Waals surface area contributed by atoms with E-state index in [9.17, 15) is 18.0 Å². The number of halogens is 1. The zero-order valence-corrected chi connectivity index (χ0v) is 25.9. The SMILES string of the molecule is C=C(/C=C\C=C(/C)CONC(=O)[C@@H]1c2ccccc2C(=O)N([C@H]2CCCC[C@@H]2NS(C)(=O)=O)[C@H]1c1ccc(Cl)cc1)CO. The summed E-state index contributed by atoms with van der Waals surface area (Å²) in [5.74, 6) is -1.55. The van der Waals surface area contributed by atoms with Crippen LogP contribution in [-0.2, 0) is 19.7 Å². The monoisotopic (exact) mass is 627 g/mol. The fraction of sp³-hybridized carbons (Fsp3) is 0.375. The largest absolute Gasteiger partial charge is 0.392 e. The van der Waals surface area contributed by atoms with Gasteiger partial charge in [0.25, 0.3) is 11.8 Å². The van der Waals surface area contributed by atoms with Crippen molar-refractivity contribution in [2.45, 2.75) is 56.7 Å². The zero-order chi connectivity index (χ0) is 31.1. The Morgan fingerprint density at radius 3 is 2.56 bits per heavy atom. The molecule has 4 atom stereocenters. The highest BCUT2D eigenvalue weighted by molar-refractivity contribution is 7.88. The van der Waals surface area contributed by atoms with Crippen LogP contribution in [0.4, 0.5) is 0 Å². The van der Waals surface area contributed by atoms with Crippen molar-refractivity contribution < 1.29 is 28.0 Å². The Hall–Kier alpha value is -3.28. The van der Waals surface area contributed by atoms with E-state index >= 15 is 0 Å². The molecular formula is C32H38ClN3O6S. The van der Waals surface area contributed by atoms with E-state index in [4.69, 9.17) is 21.5 Å². The van der Waals surface area contributed by atoms with Gasteiger partial charge in [-0.15, -0.1) is 0 Å². The van der Waals surface area contributed by atoms with Crippen molar-refractivity contribution >= 4 is 33.4 Å². The first-order chi connectivity index (χ1) is 20.5. The summed E-state index contributed by atoms with van der Waals surface area (Å²) < 4.78 is 27.4. The van der Waals surface area contributed by atoms with Crippen molar-refractivity contribution in [3.8, 4) is 0 Å². The van der Waals surface area contributed by atoms with Crippen LogP contribution in [-0.4, -0.2) is 61.8 Å². The van der Waals surface area contributed by atoms with E-state index in [2.05, 4.69) is 16.8 Å². The quantitative estimate of drug-likeness (QED) is 0.247. The van der Waals surface area contributed by atoms with Gasteiger partial charge in [-0.1, -0.05) is 79.6 Å². The summed E-state index contributed by atoms with van der Waals surface area (Å²) in [5.41, 5.74) is 5.62. The highest BCUT2D eigenvalue weighted by atomic mass is 35.5. The highest BCUT2D eigenvalue weighted by Crippen LogP contribution is 2.46. The van der Waals surface area contributed by atoms with Crippen molar-refractivity contribution in [1.29, 1.82) is 0 Å². The predicted octanol–water partition coefficient (Wildman–Crippen LogP) is 4.58. The van der Waals surface area contributed by atoms with Crippen LogP contribution in [0.15, 0.2) is 84.5 Å². The normalized spacial score (nSPS) is 22.8. The number of carbonyl (C=O) groups excluding carboxylic acids is 2. The fourth-order valence-corrected chi connectivity index (χ4v) is 6.75. The van der Waals surface area contributed by atoms with E-state index in [0.717, 1.165) is 24.7 Å². The Morgan fingerprint density at radius 2 is 1.86 bits per heavy atom. The van der Waals surface area contributed by atoms with Crippen molar-refractivity contribution in [1.82, 2.24) is 15.1 Å². The van der Waals surface area contributed by atoms with Gasteiger partial charge in [-0.3, -0.25) is 14.4 Å².